The van der Waals surface area contributed by atoms with Gasteiger partial charge in [0, 0.05) is 23.2 Å². The average molecular weight is 498 g/mol. The van der Waals surface area contributed by atoms with Crippen LogP contribution in [-0.2, 0) is 11.3 Å². The molecule has 0 aliphatic carbocycles. The molecule has 4 rings (SSSR count). The molecule has 0 saturated carbocycles. The van der Waals surface area contributed by atoms with E-state index in [1.165, 1.54) is 37.9 Å². The normalized spacial score (nSPS) is 11.6. The molecule has 11 heteroatoms. The molecule has 8 nitrogen and oxygen atoms in total. The standard InChI is InChI=1S/C25H21F3N4O4/c1-34-21-11-19-20(12-22(21)36-14-25(26,27)28)30-15-31-24(19)32-17-7-4-16(5-8-17)6-9-23(33)29-13-18-3-2-10-35-18/h2-12,15H,13-14H2,1H3,(H,29,33)(H,30,31,32)/b9-6+. The zero-order valence-corrected chi connectivity index (χ0v) is 19.0. The summed E-state index contributed by atoms with van der Waals surface area (Å²) in [6.07, 6.45) is 1.45. The predicted octanol–water partition coefficient (Wildman–Crippen LogP) is 5.25. The number of carbonyl (C=O) groups excluding carboxylic acids is 1. The Kier molecular flexibility index (Phi) is 7.38. The van der Waals surface area contributed by atoms with E-state index in [1.807, 2.05) is 12.1 Å². The number of carbonyl (C=O) groups is 1. The van der Waals surface area contributed by atoms with Crippen LogP contribution in [0.1, 0.15) is 11.3 Å². The number of nitrogens with zero attached hydrogens (tertiary/aromatic N) is 2. The Labute approximate surface area is 203 Å². The topological polar surface area (TPSA) is 98.5 Å². The molecule has 0 atom stereocenters. The second-order valence-electron chi connectivity index (χ2n) is 7.52. The van der Waals surface area contributed by atoms with Crippen molar-refractivity contribution in [2.24, 2.45) is 0 Å². The molecular formula is C25H21F3N4O4. The minimum Gasteiger partial charge on any atom is -0.493 e. The smallest absolute Gasteiger partial charge is 0.422 e. The number of fused-ring (bicyclic) bond motifs is 1. The fourth-order valence-corrected chi connectivity index (χ4v) is 3.23. The molecule has 0 radical (unpaired) electrons. The van der Waals surface area contributed by atoms with Gasteiger partial charge in [-0.15, -0.1) is 0 Å². The number of benzene rings is 2. The summed E-state index contributed by atoms with van der Waals surface area (Å²) in [6.45, 7) is -1.15. The number of ether oxygens (including phenoxy) is 2. The minimum atomic E-state index is -4.48. The summed E-state index contributed by atoms with van der Waals surface area (Å²) >= 11 is 0. The van der Waals surface area contributed by atoms with Gasteiger partial charge < -0.3 is 24.5 Å². The van der Waals surface area contributed by atoms with Gasteiger partial charge in [-0.1, -0.05) is 12.1 Å². The number of methoxy groups -OCH3 is 1. The summed E-state index contributed by atoms with van der Waals surface area (Å²) in [4.78, 5) is 20.3. The molecule has 2 heterocycles. The van der Waals surface area contributed by atoms with Gasteiger partial charge in [-0.05, 0) is 42.0 Å². The van der Waals surface area contributed by atoms with Crippen molar-refractivity contribution in [2.45, 2.75) is 12.7 Å². The number of amides is 1. The highest BCUT2D eigenvalue weighted by atomic mass is 19.4. The summed E-state index contributed by atoms with van der Waals surface area (Å²) in [7, 11) is 1.34. The first-order valence-electron chi connectivity index (χ1n) is 10.7. The average Bonchev–Trinajstić information content (AvgIpc) is 3.39. The van der Waals surface area contributed by atoms with Gasteiger partial charge in [0.05, 0.1) is 25.4 Å². The third kappa shape index (κ3) is 6.53. The van der Waals surface area contributed by atoms with E-state index in [1.54, 1.807) is 30.3 Å². The molecule has 36 heavy (non-hydrogen) atoms. The van der Waals surface area contributed by atoms with Crippen LogP contribution in [0, 0.1) is 0 Å². The van der Waals surface area contributed by atoms with Crippen molar-refractivity contribution < 1.29 is 31.9 Å². The highest BCUT2D eigenvalue weighted by molar-refractivity contribution is 5.93. The van der Waals surface area contributed by atoms with E-state index in [0.29, 0.717) is 34.7 Å². The Morgan fingerprint density at radius 3 is 2.61 bits per heavy atom. The Balaban J connectivity index is 1.44. The summed E-state index contributed by atoms with van der Waals surface area (Å²) in [5.74, 6) is 0.883. The molecule has 2 aromatic heterocycles. The molecule has 2 N–H and O–H groups in total. The summed E-state index contributed by atoms with van der Waals surface area (Å²) in [6, 6.07) is 13.6. The van der Waals surface area contributed by atoms with Crippen LogP contribution in [0.25, 0.3) is 17.0 Å². The number of hydrogen-bond acceptors (Lipinski definition) is 7. The maximum atomic E-state index is 12.6. The van der Waals surface area contributed by atoms with E-state index in [2.05, 4.69) is 20.6 Å². The third-order valence-corrected chi connectivity index (χ3v) is 4.93. The van der Waals surface area contributed by atoms with E-state index in [4.69, 9.17) is 13.9 Å². The van der Waals surface area contributed by atoms with Gasteiger partial charge >= 0.3 is 6.18 Å². The van der Waals surface area contributed by atoms with E-state index < -0.39 is 12.8 Å². The molecule has 0 bridgehead atoms. The van der Waals surface area contributed by atoms with Crippen LogP contribution >= 0.6 is 0 Å². The highest BCUT2D eigenvalue weighted by Gasteiger charge is 2.29. The molecule has 2 aromatic carbocycles. The molecule has 0 aliphatic rings. The first kappa shape index (κ1) is 24.6. The number of anilines is 2. The zero-order valence-electron chi connectivity index (χ0n) is 19.0. The van der Waals surface area contributed by atoms with Crippen molar-refractivity contribution in [3.05, 3.63) is 78.5 Å². The number of alkyl halides is 3. The van der Waals surface area contributed by atoms with Gasteiger partial charge in [0.1, 0.15) is 17.9 Å². The molecule has 0 spiro atoms. The monoisotopic (exact) mass is 498 g/mol. The lowest BCUT2D eigenvalue weighted by molar-refractivity contribution is -0.153. The molecule has 0 saturated heterocycles. The fraction of sp³-hybridized carbons (Fsp3) is 0.160. The second kappa shape index (κ2) is 10.8. The van der Waals surface area contributed by atoms with Crippen LogP contribution in [0.5, 0.6) is 11.5 Å². The van der Waals surface area contributed by atoms with Crippen LogP contribution in [-0.4, -0.2) is 35.8 Å². The second-order valence-corrected chi connectivity index (χ2v) is 7.52. The Bertz CT molecular complexity index is 1350. The molecular weight excluding hydrogens is 477 g/mol. The van der Waals surface area contributed by atoms with E-state index in [9.17, 15) is 18.0 Å². The maximum Gasteiger partial charge on any atom is 0.422 e. The SMILES string of the molecule is COc1cc2c(Nc3ccc(/C=C/C(=O)NCc4ccco4)cc3)ncnc2cc1OCC(F)(F)F. The number of halogens is 3. The lowest BCUT2D eigenvalue weighted by Gasteiger charge is -2.14. The maximum absolute atomic E-state index is 12.6. The molecule has 0 unspecified atom stereocenters. The quantitative estimate of drug-likeness (QED) is 0.304. The fourth-order valence-electron chi connectivity index (χ4n) is 3.23. The number of hydrogen-bond donors (Lipinski definition) is 2. The summed E-state index contributed by atoms with van der Waals surface area (Å²) < 4.78 is 53.0. The Hall–Kier alpha value is -4.54. The minimum absolute atomic E-state index is 0.0729. The van der Waals surface area contributed by atoms with Gasteiger partial charge in [-0.25, -0.2) is 9.97 Å². The van der Waals surface area contributed by atoms with Gasteiger partial charge in [0.25, 0.3) is 0 Å². The summed E-state index contributed by atoms with van der Waals surface area (Å²) in [5.41, 5.74) is 1.88. The lowest BCUT2D eigenvalue weighted by atomic mass is 10.1. The third-order valence-electron chi connectivity index (χ3n) is 4.93. The molecule has 0 aliphatic heterocycles. The molecule has 1 amide bonds. The first-order valence-corrected chi connectivity index (χ1v) is 10.7. The van der Waals surface area contributed by atoms with Crippen LogP contribution in [0.3, 0.4) is 0 Å². The van der Waals surface area contributed by atoms with Crippen molar-refractivity contribution in [1.82, 2.24) is 15.3 Å². The van der Waals surface area contributed by atoms with Crippen LogP contribution in [0.2, 0.25) is 0 Å². The number of rotatable bonds is 9. The molecule has 4 aromatic rings. The van der Waals surface area contributed by atoms with E-state index in [-0.39, 0.29) is 17.4 Å². The van der Waals surface area contributed by atoms with Crippen molar-refractivity contribution in [2.75, 3.05) is 19.0 Å². The van der Waals surface area contributed by atoms with Crippen molar-refractivity contribution in [1.29, 1.82) is 0 Å². The van der Waals surface area contributed by atoms with Gasteiger partial charge in [0.2, 0.25) is 5.91 Å². The largest absolute Gasteiger partial charge is 0.493 e. The Morgan fingerprint density at radius 1 is 1.11 bits per heavy atom. The number of furan rings is 1. The van der Waals surface area contributed by atoms with Crippen LogP contribution in [0.4, 0.5) is 24.7 Å². The van der Waals surface area contributed by atoms with Crippen LogP contribution < -0.4 is 20.1 Å². The highest BCUT2D eigenvalue weighted by Crippen LogP contribution is 2.35. The van der Waals surface area contributed by atoms with Gasteiger partial charge in [-0.3, -0.25) is 4.79 Å². The molecule has 186 valence electrons. The van der Waals surface area contributed by atoms with Crippen molar-refractivity contribution in [3.63, 3.8) is 0 Å². The number of aromatic nitrogens is 2. The molecule has 0 fully saturated rings. The Morgan fingerprint density at radius 2 is 1.92 bits per heavy atom. The van der Waals surface area contributed by atoms with E-state index in [0.717, 1.165) is 5.56 Å². The zero-order chi connectivity index (χ0) is 25.5. The first-order chi connectivity index (χ1) is 17.3. The van der Waals surface area contributed by atoms with Crippen molar-refractivity contribution >= 4 is 34.4 Å². The van der Waals surface area contributed by atoms with Crippen molar-refractivity contribution in [3.8, 4) is 11.5 Å². The summed E-state index contributed by atoms with van der Waals surface area (Å²) in [5, 5.41) is 6.42. The van der Waals surface area contributed by atoms with E-state index >= 15 is 0 Å². The lowest BCUT2D eigenvalue weighted by Crippen LogP contribution is -2.19. The predicted molar refractivity (Wildman–Crippen MR) is 127 cm³/mol. The van der Waals surface area contributed by atoms with Crippen LogP contribution in [0.15, 0.2) is 71.6 Å². The van der Waals surface area contributed by atoms with Gasteiger partial charge in [0.15, 0.2) is 18.1 Å². The van der Waals surface area contributed by atoms with Gasteiger partial charge in [-0.2, -0.15) is 13.2 Å². The number of nitrogens with one attached hydrogen (secondary N) is 2.